The molecular weight excluding hydrogens is 501 g/mol. The normalized spacial score (nSPS) is 12.3. The van der Waals surface area contributed by atoms with Crippen LogP contribution >= 0.6 is 0 Å². The van der Waals surface area contributed by atoms with E-state index >= 15 is 0 Å². The van der Waals surface area contributed by atoms with Crippen molar-refractivity contribution in [2.45, 2.75) is 24.2 Å². The molecular formula is C15H11F6IO3S. The summed E-state index contributed by atoms with van der Waals surface area (Å²) in [7, 11) is -5.42. The first-order valence-electron chi connectivity index (χ1n) is 6.60. The first-order chi connectivity index (χ1) is 11.6. The van der Waals surface area contributed by atoms with Gasteiger partial charge in [0.25, 0.3) is 22.6 Å². The zero-order valence-corrected chi connectivity index (χ0v) is 16.0. The first-order valence-corrected chi connectivity index (χ1v) is 9.17. The van der Waals surface area contributed by atoms with E-state index in [-0.39, 0.29) is 18.2 Å². The van der Waals surface area contributed by atoms with Gasteiger partial charge in [-0.2, -0.15) is 26.3 Å². The maximum atomic E-state index is 12.3. The Labute approximate surface area is 158 Å². The van der Waals surface area contributed by atoms with E-state index in [0.29, 0.717) is 0 Å². The molecule has 0 aromatic heterocycles. The average Bonchev–Trinajstić information content (AvgIpc) is 2.48. The number of hydrogen-bond acceptors (Lipinski definition) is 3. The topological polar surface area (TPSA) is 57.2 Å². The van der Waals surface area contributed by atoms with Crippen molar-refractivity contribution in [1.82, 2.24) is 0 Å². The van der Waals surface area contributed by atoms with E-state index in [4.69, 9.17) is 0 Å². The molecule has 2 rings (SSSR count). The van der Waals surface area contributed by atoms with Gasteiger partial charge in [-0.3, -0.25) is 0 Å². The smallest absolute Gasteiger partial charge is 0.416 e. The Kier molecular flexibility index (Phi) is 7.10. The molecule has 11 heteroatoms. The zero-order valence-electron chi connectivity index (χ0n) is 12.9. The molecule has 0 saturated carbocycles. The number of rotatable bonds is 1. The SMILES string of the molecule is Cc1ccc([IH+])cc1.O=S(=O)([O-])c1cc(C(F)(F)F)cc(C(F)(F)F)c1. The summed E-state index contributed by atoms with van der Waals surface area (Å²) >= 11 is 2.03. The van der Waals surface area contributed by atoms with Gasteiger partial charge in [-0.1, -0.05) is 17.7 Å². The summed E-state index contributed by atoms with van der Waals surface area (Å²) < 4.78 is 106. The number of hydrogen-bond donors (Lipinski definition) is 0. The fourth-order valence-electron chi connectivity index (χ4n) is 1.61. The average molecular weight is 512 g/mol. The van der Waals surface area contributed by atoms with E-state index in [1.165, 1.54) is 9.13 Å². The molecule has 0 radical (unpaired) electrons. The van der Waals surface area contributed by atoms with E-state index in [9.17, 15) is 39.3 Å². The minimum absolute atomic E-state index is 0.141. The Morgan fingerprint density at radius 2 is 1.23 bits per heavy atom. The molecule has 0 saturated heterocycles. The number of aryl methyl sites for hydroxylation is 1. The van der Waals surface area contributed by atoms with Crippen molar-refractivity contribution >= 4 is 10.1 Å². The monoisotopic (exact) mass is 512 g/mol. The van der Waals surface area contributed by atoms with Crippen LogP contribution in [-0.2, 0) is 22.5 Å². The summed E-state index contributed by atoms with van der Waals surface area (Å²) in [6.07, 6.45) is -10.4. The van der Waals surface area contributed by atoms with Gasteiger partial charge in [0.15, 0.2) is 3.57 Å². The van der Waals surface area contributed by atoms with Crippen LogP contribution in [0, 0.1) is 10.5 Å². The number of benzene rings is 2. The lowest BCUT2D eigenvalue weighted by molar-refractivity contribution is -0.328. The highest BCUT2D eigenvalue weighted by molar-refractivity contribution is 7.85. The van der Waals surface area contributed by atoms with Crippen LogP contribution in [0.5, 0.6) is 0 Å². The van der Waals surface area contributed by atoms with Crippen LogP contribution in [0.15, 0.2) is 47.4 Å². The summed E-state index contributed by atoms with van der Waals surface area (Å²) in [5.41, 5.74) is -2.38. The van der Waals surface area contributed by atoms with Crippen LogP contribution in [0.2, 0.25) is 0 Å². The fraction of sp³-hybridized carbons (Fsp3) is 0.200. The van der Waals surface area contributed by atoms with Crippen molar-refractivity contribution in [1.29, 1.82) is 0 Å². The summed E-state index contributed by atoms with van der Waals surface area (Å²) in [4.78, 5) is -1.58. The van der Waals surface area contributed by atoms with Crippen molar-refractivity contribution < 1.29 is 61.9 Å². The Balaban J connectivity index is 0.000000350. The van der Waals surface area contributed by atoms with Crippen molar-refractivity contribution in [2.75, 3.05) is 0 Å². The fourth-order valence-corrected chi connectivity index (χ4v) is 2.54. The molecule has 2 aromatic rings. The van der Waals surface area contributed by atoms with E-state index < -0.39 is 38.5 Å². The lowest BCUT2D eigenvalue weighted by atomic mass is 10.1. The molecule has 2 aromatic carbocycles. The molecule has 0 amide bonds. The van der Waals surface area contributed by atoms with E-state index in [1.54, 1.807) is 0 Å². The second-order valence-electron chi connectivity index (χ2n) is 5.01. The van der Waals surface area contributed by atoms with Crippen molar-refractivity contribution in [2.24, 2.45) is 0 Å². The highest BCUT2D eigenvalue weighted by Crippen LogP contribution is 2.37. The molecule has 0 atom stereocenters. The maximum Gasteiger partial charge on any atom is 0.416 e. The molecule has 0 bridgehead atoms. The van der Waals surface area contributed by atoms with Crippen LogP contribution in [0.1, 0.15) is 16.7 Å². The quantitative estimate of drug-likeness (QED) is 0.327. The highest BCUT2D eigenvalue weighted by Gasteiger charge is 2.37. The van der Waals surface area contributed by atoms with Gasteiger partial charge >= 0.3 is 12.4 Å². The number of halogens is 7. The third-order valence-corrected chi connectivity index (χ3v) is 4.46. The standard InChI is InChI=1S/C8H4F6O3S.C7H8I/c9-7(10,11)4-1-5(8(12,13)14)3-6(2-4)18(15,16)17;1-6-2-4-7(8)5-3-6/h1-3H,(H,15,16,17);2-5,8H,1H3/q;+1/p-1. The van der Waals surface area contributed by atoms with Gasteiger partial charge < -0.3 is 4.55 Å². The molecule has 0 spiro atoms. The molecule has 144 valence electrons. The molecule has 0 heterocycles. The van der Waals surface area contributed by atoms with Gasteiger partial charge in [-0.15, -0.1) is 0 Å². The maximum absolute atomic E-state index is 12.3. The third kappa shape index (κ3) is 7.11. The molecule has 0 unspecified atom stereocenters. The molecule has 0 aliphatic rings. The molecule has 0 fully saturated rings. The van der Waals surface area contributed by atoms with E-state index in [1.807, 2.05) is 22.6 Å². The highest BCUT2D eigenvalue weighted by atomic mass is 127. The Hall–Kier alpha value is -1.34. The molecule has 0 aliphatic carbocycles. The van der Waals surface area contributed by atoms with Gasteiger partial charge in [-0.05, 0) is 37.3 Å². The van der Waals surface area contributed by atoms with Crippen LogP contribution < -0.4 is 22.6 Å². The first kappa shape index (κ1) is 22.7. The molecule has 26 heavy (non-hydrogen) atoms. The molecule has 0 aliphatic heterocycles. The zero-order chi connectivity index (χ0) is 20.3. The minimum atomic E-state index is -5.42. The van der Waals surface area contributed by atoms with Crippen molar-refractivity contribution in [3.8, 4) is 0 Å². The summed E-state index contributed by atoms with van der Waals surface area (Å²) in [6, 6.07) is 7.94. The van der Waals surface area contributed by atoms with Crippen molar-refractivity contribution in [3.05, 3.63) is 62.7 Å². The van der Waals surface area contributed by atoms with Gasteiger partial charge in [-0.25, -0.2) is 8.42 Å². The van der Waals surface area contributed by atoms with Crippen LogP contribution in [0.4, 0.5) is 26.3 Å². The Morgan fingerprint density at radius 3 is 1.50 bits per heavy atom. The van der Waals surface area contributed by atoms with Crippen LogP contribution in [0.25, 0.3) is 0 Å². The minimum Gasteiger partial charge on any atom is -0.744 e. The summed E-state index contributed by atoms with van der Waals surface area (Å²) in [5, 5.41) is 0. The van der Waals surface area contributed by atoms with Gasteiger partial charge in [0.2, 0.25) is 0 Å². The van der Waals surface area contributed by atoms with E-state index in [0.717, 1.165) is 0 Å². The van der Waals surface area contributed by atoms with Crippen LogP contribution in [0.3, 0.4) is 0 Å². The number of alkyl halides is 6. The lowest BCUT2D eigenvalue weighted by Crippen LogP contribution is -3.34. The van der Waals surface area contributed by atoms with Gasteiger partial charge in [0.05, 0.1) is 16.0 Å². The Morgan fingerprint density at radius 1 is 0.846 bits per heavy atom. The molecule has 0 N–H and O–H groups in total. The van der Waals surface area contributed by atoms with Gasteiger partial charge in [0.1, 0.15) is 10.1 Å². The van der Waals surface area contributed by atoms with Gasteiger partial charge in [0, 0.05) is 0 Å². The lowest BCUT2D eigenvalue weighted by Gasteiger charge is -2.15. The predicted octanol–water partition coefficient (Wildman–Crippen LogP) is 1.08. The largest absolute Gasteiger partial charge is 0.744 e. The second-order valence-corrected chi connectivity index (χ2v) is 7.73. The van der Waals surface area contributed by atoms with Crippen molar-refractivity contribution in [3.63, 3.8) is 0 Å². The predicted molar refractivity (Wildman–Crippen MR) is 75.7 cm³/mol. The van der Waals surface area contributed by atoms with E-state index in [2.05, 4.69) is 31.2 Å². The third-order valence-electron chi connectivity index (χ3n) is 2.87. The second kappa shape index (κ2) is 8.13. The van der Waals surface area contributed by atoms with Crippen LogP contribution in [-0.4, -0.2) is 13.0 Å². The molecule has 3 nitrogen and oxygen atoms in total. The summed E-state index contributed by atoms with van der Waals surface area (Å²) in [5.74, 6) is 0. The Bertz CT molecular complexity index is 805. The summed E-state index contributed by atoms with van der Waals surface area (Å²) in [6.45, 7) is 2.10.